The van der Waals surface area contributed by atoms with Gasteiger partial charge in [0.1, 0.15) is 5.15 Å². The molecule has 1 aromatic heterocycles. The Hall–Kier alpha value is -1.36. The number of rotatable bonds is 7. The molecular weight excluding hydrogens is 298 g/mol. The zero-order chi connectivity index (χ0) is 16.1. The number of aryl methyl sites for hydroxylation is 2. The molecule has 0 aliphatic rings. The molecule has 2 aromatic rings. The molecule has 1 N–H and O–H groups in total. The summed E-state index contributed by atoms with van der Waals surface area (Å²) in [6.07, 6.45) is 0. The maximum absolute atomic E-state index is 9.36. The van der Waals surface area contributed by atoms with Crippen molar-refractivity contribution in [1.82, 2.24) is 14.7 Å². The Kier molecular flexibility index (Phi) is 6.00. The number of hydrogen-bond acceptors (Lipinski definition) is 3. The fraction of sp³-hybridized carbons (Fsp3) is 0.471. The molecule has 22 heavy (non-hydrogen) atoms. The number of halogens is 1. The van der Waals surface area contributed by atoms with E-state index in [1.807, 2.05) is 32.2 Å². The highest BCUT2D eigenvalue weighted by Gasteiger charge is 2.17. The average Bonchev–Trinajstić information content (AvgIpc) is 2.74. The molecule has 0 saturated heterocycles. The summed E-state index contributed by atoms with van der Waals surface area (Å²) in [6, 6.07) is 10.4. The van der Waals surface area contributed by atoms with Crippen LogP contribution in [0.15, 0.2) is 30.3 Å². The second kappa shape index (κ2) is 7.77. The van der Waals surface area contributed by atoms with E-state index in [-0.39, 0.29) is 12.5 Å². The summed E-state index contributed by atoms with van der Waals surface area (Å²) in [4.78, 5) is 2.31. The first-order chi connectivity index (χ1) is 10.5. The fourth-order valence-electron chi connectivity index (χ4n) is 2.60. The predicted octanol–water partition coefficient (Wildman–Crippen LogP) is 3.01. The molecule has 5 heteroatoms. The lowest BCUT2D eigenvalue weighted by atomic mass is 10.1. The van der Waals surface area contributed by atoms with Gasteiger partial charge in [0.05, 0.1) is 5.69 Å². The first kappa shape index (κ1) is 17.0. The van der Waals surface area contributed by atoms with Gasteiger partial charge in [-0.05, 0) is 18.4 Å². The van der Waals surface area contributed by atoms with Crippen LogP contribution in [0.25, 0.3) is 0 Å². The molecule has 1 heterocycles. The van der Waals surface area contributed by atoms with Gasteiger partial charge in [0.15, 0.2) is 0 Å². The van der Waals surface area contributed by atoms with E-state index in [0.717, 1.165) is 30.9 Å². The van der Waals surface area contributed by atoms with Crippen molar-refractivity contribution in [1.29, 1.82) is 0 Å². The number of aliphatic hydroxyl groups excluding tert-OH is 1. The molecule has 0 bridgehead atoms. The van der Waals surface area contributed by atoms with Gasteiger partial charge in [-0.25, -0.2) is 0 Å². The van der Waals surface area contributed by atoms with Crippen molar-refractivity contribution in [3.8, 4) is 0 Å². The SMILES string of the molecule is Cc1nn(C)c(Cl)c1CN(Cc1ccccc1)CC(C)CO. The van der Waals surface area contributed by atoms with Gasteiger partial charge in [0.2, 0.25) is 0 Å². The highest BCUT2D eigenvalue weighted by molar-refractivity contribution is 6.30. The van der Waals surface area contributed by atoms with E-state index in [9.17, 15) is 5.11 Å². The van der Waals surface area contributed by atoms with Crippen LogP contribution in [0.1, 0.15) is 23.7 Å². The predicted molar refractivity (Wildman–Crippen MR) is 89.8 cm³/mol. The first-order valence-electron chi connectivity index (χ1n) is 7.56. The van der Waals surface area contributed by atoms with Crippen molar-refractivity contribution in [2.45, 2.75) is 26.9 Å². The second-order valence-electron chi connectivity index (χ2n) is 5.92. The molecule has 0 amide bonds. The lowest BCUT2D eigenvalue weighted by Crippen LogP contribution is -2.29. The van der Waals surface area contributed by atoms with E-state index in [1.54, 1.807) is 4.68 Å². The van der Waals surface area contributed by atoms with Crippen molar-refractivity contribution in [3.05, 3.63) is 52.3 Å². The molecule has 1 atom stereocenters. The zero-order valence-electron chi connectivity index (χ0n) is 13.5. The van der Waals surface area contributed by atoms with Crippen LogP contribution in [0.2, 0.25) is 5.15 Å². The molecule has 2 rings (SSSR count). The molecule has 0 saturated carbocycles. The van der Waals surface area contributed by atoms with Gasteiger partial charge in [-0.3, -0.25) is 9.58 Å². The Morgan fingerprint density at radius 1 is 1.27 bits per heavy atom. The van der Waals surface area contributed by atoms with Crippen LogP contribution in [0.4, 0.5) is 0 Å². The third-order valence-electron chi connectivity index (χ3n) is 3.78. The Morgan fingerprint density at radius 3 is 2.50 bits per heavy atom. The van der Waals surface area contributed by atoms with E-state index in [2.05, 4.69) is 29.1 Å². The lowest BCUT2D eigenvalue weighted by Gasteiger charge is -2.25. The second-order valence-corrected chi connectivity index (χ2v) is 6.28. The van der Waals surface area contributed by atoms with Gasteiger partial charge in [-0.2, -0.15) is 5.10 Å². The van der Waals surface area contributed by atoms with E-state index >= 15 is 0 Å². The molecule has 120 valence electrons. The Morgan fingerprint density at radius 2 is 1.95 bits per heavy atom. The zero-order valence-corrected chi connectivity index (χ0v) is 14.2. The topological polar surface area (TPSA) is 41.3 Å². The standard InChI is InChI=1S/C17H24ClN3O/c1-13(12-22)9-21(10-15-7-5-4-6-8-15)11-16-14(2)19-20(3)17(16)18/h4-8,13,22H,9-12H2,1-3H3. The molecule has 0 aliphatic heterocycles. The minimum atomic E-state index is 0.186. The number of hydrogen-bond donors (Lipinski definition) is 1. The number of aromatic nitrogens is 2. The van der Waals surface area contributed by atoms with Crippen LogP contribution in [0.3, 0.4) is 0 Å². The molecule has 0 aliphatic carbocycles. The monoisotopic (exact) mass is 321 g/mol. The minimum absolute atomic E-state index is 0.186. The summed E-state index contributed by atoms with van der Waals surface area (Å²) in [7, 11) is 1.86. The van der Waals surface area contributed by atoms with Crippen molar-refractivity contribution >= 4 is 11.6 Å². The fourth-order valence-corrected chi connectivity index (χ4v) is 2.84. The molecule has 4 nitrogen and oxygen atoms in total. The average molecular weight is 322 g/mol. The molecule has 1 aromatic carbocycles. The van der Waals surface area contributed by atoms with Crippen LogP contribution in [0, 0.1) is 12.8 Å². The van der Waals surface area contributed by atoms with Crippen LogP contribution in [-0.4, -0.2) is 32.9 Å². The molecule has 0 spiro atoms. The highest BCUT2D eigenvalue weighted by atomic mass is 35.5. The summed E-state index contributed by atoms with van der Waals surface area (Å²) in [5.41, 5.74) is 3.28. The highest BCUT2D eigenvalue weighted by Crippen LogP contribution is 2.22. The van der Waals surface area contributed by atoms with Crippen LogP contribution >= 0.6 is 11.6 Å². The summed E-state index contributed by atoms with van der Waals surface area (Å²) in [5.74, 6) is 0.222. The normalized spacial score (nSPS) is 12.8. The van der Waals surface area contributed by atoms with Crippen molar-refractivity contribution in [2.75, 3.05) is 13.2 Å². The first-order valence-corrected chi connectivity index (χ1v) is 7.94. The Bertz CT molecular complexity index is 597. The minimum Gasteiger partial charge on any atom is -0.396 e. The third kappa shape index (κ3) is 4.32. The van der Waals surface area contributed by atoms with Crippen LogP contribution in [0.5, 0.6) is 0 Å². The summed E-state index contributed by atoms with van der Waals surface area (Å²) >= 11 is 6.36. The van der Waals surface area contributed by atoms with E-state index in [4.69, 9.17) is 11.6 Å². The summed E-state index contributed by atoms with van der Waals surface area (Å²) in [5, 5.41) is 14.4. The van der Waals surface area contributed by atoms with Gasteiger partial charge >= 0.3 is 0 Å². The molecular formula is C17H24ClN3O. The lowest BCUT2D eigenvalue weighted by molar-refractivity contribution is 0.163. The smallest absolute Gasteiger partial charge is 0.131 e. The Balaban J connectivity index is 2.17. The molecule has 1 unspecified atom stereocenters. The van der Waals surface area contributed by atoms with Gasteiger partial charge in [-0.15, -0.1) is 0 Å². The summed E-state index contributed by atoms with van der Waals surface area (Å²) in [6.45, 7) is 6.60. The van der Waals surface area contributed by atoms with Crippen LogP contribution in [-0.2, 0) is 20.1 Å². The molecule has 0 fully saturated rings. The number of benzene rings is 1. The largest absolute Gasteiger partial charge is 0.396 e. The maximum atomic E-state index is 9.36. The quantitative estimate of drug-likeness (QED) is 0.852. The van der Waals surface area contributed by atoms with Crippen LogP contribution < -0.4 is 0 Å². The van der Waals surface area contributed by atoms with Crippen molar-refractivity contribution in [3.63, 3.8) is 0 Å². The van der Waals surface area contributed by atoms with Gasteiger partial charge in [-0.1, -0.05) is 48.9 Å². The van der Waals surface area contributed by atoms with E-state index in [0.29, 0.717) is 5.15 Å². The third-order valence-corrected chi connectivity index (χ3v) is 4.25. The van der Waals surface area contributed by atoms with E-state index < -0.39 is 0 Å². The molecule has 0 radical (unpaired) electrons. The van der Waals surface area contributed by atoms with Gasteiger partial charge in [0.25, 0.3) is 0 Å². The number of aliphatic hydroxyl groups is 1. The number of nitrogens with zero attached hydrogens (tertiary/aromatic N) is 3. The van der Waals surface area contributed by atoms with Gasteiger partial charge in [0, 0.05) is 38.9 Å². The Labute approximate surface area is 137 Å². The van der Waals surface area contributed by atoms with Crippen molar-refractivity contribution < 1.29 is 5.11 Å². The van der Waals surface area contributed by atoms with E-state index in [1.165, 1.54) is 5.56 Å². The van der Waals surface area contributed by atoms with Crippen molar-refractivity contribution in [2.24, 2.45) is 13.0 Å². The van der Waals surface area contributed by atoms with Gasteiger partial charge < -0.3 is 5.11 Å². The maximum Gasteiger partial charge on any atom is 0.131 e. The summed E-state index contributed by atoms with van der Waals surface area (Å²) < 4.78 is 1.71.